The highest BCUT2D eigenvalue weighted by Gasteiger charge is 2.09. The molecule has 1 atom stereocenters. The summed E-state index contributed by atoms with van der Waals surface area (Å²) in [6.45, 7) is 1.91. The van der Waals surface area contributed by atoms with Gasteiger partial charge in [-0.05, 0) is 24.5 Å². The fraction of sp³-hybridized carbons (Fsp3) is 0.462. The van der Waals surface area contributed by atoms with Crippen LogP contribution in [-0.4, -0.2) is 23.7 Å². The number of aliphatic hydroxyl groups is 1. The number of para-hydroxylation sites is 1. The number of benzene rings is 1. The third-order valence-corrected chi connectivity index (χ3v) is 2.75. The molecule has 0 aliphatic heterocycles. The minimum atomic E-state index is -0.143. The minimum Gasteiger partial charge on any atom is -0.399 e. The van der Waals surface area contributed by atoms with E-state index >= 15 is 0 Å². The summed E-state index contributed by atoms with van der Waals surface area (Å²) in [4.78, 5) is 11.6. The summed E-state index contributed by atoms with van der Waals surface area (Å²) in [6.07, 6.45) is 1.75. The molecule has 4 nitrogen and oxygen atoms in total. The highest BCUT2D eigenvalue weighted by atomic mass is 16.3. The fourth-order valence-electron chi connectivity index (χ4n) is 1.59. The molecule has 0 spiro atoms. The van der Waals surface area contributed by atoms with Crippen LogP contribution in [0.5, 0.6) is 0 Å². The molecule has 17 heavy (non-hydrogen) atoms. The van der Waals surface area contributed by atoms with Crippen molar-refractivity contribution in [3.63, 3.8) is 0 Å². The number of carbonyl (C=O) groups excluding carboxylic acids is 1. The van der Waals surface area contributed by atoms with Gasteiger partial charge in [0, 0.05) is 12.1 Å². The van der Waals surface area contributed by atoms with E-state index in [0.29, 0.717) is 12.8 Å². The predicted octanol–water partition coefficient (Wildman–Crippen LogP) is 1.09. The Morgan fingerprint density at radius 3 is 2.76 bits per heavy atom. The van der Waals surface area contributed by atoms with Gasteiger partial charge in [0.15, 0.2) is 0 Å². The summed E-state index contributed by atoms with van der Waals surface area (Å²) in [7, 11) is 0. The van der Waals surface area contributed by atoms with Crippen LogP contribution in [0, 0.1) is 0 Å². The number of nitrogen functional groups attached to an aromatic ring is 1. The smallest absolute Gasteiger partial charge is 0.220 e. The minimum absolute atomic E-state index is 0.0181. The third-order valence-electron chi connectivity index (χ3n) is 2.75. The molecule has 0 aliphatic carbocycles. The zero-order valence-corrected chi connectivity index (χ0v) is 10.1. The van der Waals surface area contributed by atoms with Crippen LogP contribution in [0.4, 0.5) is 5.69 Å². The number of nitrogens with two attached hydrogens (primary N) is 1. The van der Waals surface area contributed by atoms with Gasteiger partial charge in [0.2, 0.25) is 5.91 Å². The lowest BCUT2D eigenvalue weighted by molar-refractivity contribution is -0.122. The first-order valence-corrected chi connectivity index (χ1v) is 5.91. The zero-order chi connectivity index (χ0) is 12.7. The van der Waals surface area contributed by atoms with E-state index in [1.54, 1.807) is 0 Å². The van der Waals surface area contributed by atoms with Gasteiger partial charge in [-0.3, -0.25) is 4.79 Å². The van der Waals surface area contributed by atoms with Crippen molar-refractivity contribution >= 4 is 11.6 Å². The van der Waals surface area contributed by atoms with Crippen LogP contribution >= 0.6 is 0 Å². The number of hydrogen-bond acceptors (Lipinski definition) is 3. The maximum absolute atomic E-state index is 11.6. The number of rotatable bonds is 6. The molecule has 0 heterocycles. The summed E-state index contributed by atoms with van der Waals surface area (Å²) in [5, 5.41) is 11.7. The Labute approximate surface area is 102 Å². The second kappa shape index (κ2) is 6.91. The van der Waals surface area contributed by atoms with Crippen LogP contribution in [0.3, 0.4) is 0 Å². The number of aryl methyl sites for hydroxylation is 1. The quantitative estimate of drug-likeness (QED) is 0.647. The van der Waals surface area contributed by atoms with Crippen molar-refractivity contribution in [2.24, 2.45) is 0 Å². The first kappa shape index (κ1) is 13.5. The maximum atomic E-state index is 11.6. The molecule has 0 saturated carbocycles. The Bertz CT molecular complexity index is 362. The third kappa shape index (κ3) is 4.44. The van der Waals surface area contributed by atoms with Crippen molar-refractivity contribution in [1.29, 1.82) is 0 Å². The summed E-state index contributed by atoms with van der Waals surface area (Å²) >= 11 is 0. The van der Waals surface area contributed by atoms with Crippen LogP contribution in [0.1, 0.15) is 25.3 Å². The van der Waals surface area contributed by atoms with Crippen LogP contribution in [-0.2, 0) is 11.2 Å². The van der Waals surface area contributed by atoms with E-state index in [2.05, 4.69) is 5.32 Å². The molecule has 94 valence electrons. The van der Waals surface area contributed by atoms with Crippen LogP contribution in [0.2, 0.25) is 0 Å². The second-order valence-electron chi connectivity index (χ2n) is 4.05. The second-order valence-corrected chi connectivity index (χ2v) is 4.05. The van der Waals surface area contributed by atoms with Gasteiger partial charge in [0.1, 0.15) is 0 Å². The van der Waals surface area contributed by atoms with Gasteiger partial charge in [-0.1, -0.05) is 25.1 Å². The molecule has 4 heteroatoms. The van der Waals surface area contributed by atoms with E-state index in [-0.39, 0.29) is 18.6 Å². The molecule has 0 fully saturated rings. The normalized spacial score (nSPS) is 12.1. The van der Waals surface area contributed by atoms with Crippen molar-refractivity contribution in [3.05, 3.63) is 29.8 Å². The molecule has 0 bridgehead atoms. The van der Waals surface area contributed by atoms with Gasteiger partial charge >= 0.3 is 0 Å². The standard InChI is InChI=1S/C13H20N2O2/c1-2-11(9-16)15-13(17)8-7-10-5-3-4-6-12(10)14/h3-6,11,16H,2,7-9,14H2,1H3,(H,15,17). The molecule has 0 radical (unpaired) electrons. The number of anilines is 1. The van der Waals surface area contributed by atoms with Crippen molar-refractivity contribution in [3.8, 4) is 0 Å². The maximum Gasteiger partial charge on any atom is 0.220 e. The number of carbonyl (C=O) groups is 1. The zero-order valence-electron chi connectivity index (χ0n) is 10.1. The Morgan fingerprint density at radius 1 is 1.47 bits per heavy atom. The fourth-order valence-corrected chi connectivity index (χ4v) is 1.59. The first-order chi connectivity index (χ1) is 8.17. The molecular formula is C13H20N2O2. The largest absolute Gasteiger partial charge is 0.399 e. The number of aliphatic hydroxyl groups excluding tert-OH is 1. The molecule has 1 unspecified atom stereocenters. The molecule has 0 aliphatic rings. The highest BCUT2D eigenvalue weighted by molar-refractivity contribution is 5.76. The van der Waals surface area contributed by atoms with Crippen molar-refractivity contribution < 1.29 is 9.90 Å². The number of nitrogens with one attached hydrogen (secondary N) is 1. The average molecular weight is 236 g/mol. The van der Waals surface area contributed by atoms with Gasteiger partial charge in [0.05, 0.1) is 12.6 Å². The first-order valence-electron chi connectivity index (χ1n) is 5.91. The molecule has 1 aromatic carbocycles. The average Bonchev–Trinajstić information content (AvgIpc) is 2.35. The number of amides is 1. The van der Waals surface area contributed by atoms with Gasteiger partial charge in [-0.25, -0.2) is 0 Å². The van der Waals surface area contributed by atoms with Gasteiger partial charge < -0.3 is 16.2 Å². The van der Waals surface area contributed by atoms with E-state index in [1.807, 2.05) is 31.2 Å². The Balaban J connectivity index is 2.41. The van der Waals surface area contributed by atoms with E-state index in [1.165, 1.54) is 0 Å². The number of hydrogen-bond donors (Lipinski definition) is 3. The SMILES string of the molecule is CCC(CO)NC(=O)CCc1ccccc1N. The van der Waals surface area contributed by atoms with Crippen LogP contribution < -0.4 is 11.1 Å². The molecule has 0 aromatic heterocycles. The lowest BCUT2D eigenvalue weighted by Crippen LogP contribution is -2.37. The van der Waals surface area contributed by atoms with E-state index in [4.69, 9.17) is 10.8 Å². The topological polar surface area (TPSA) is 75.3 Å². The van der Waals surface area contributed by atoms with E-state index < -0.39 is 0 Å². The van der Waals surface area contributed by atoms with Crippen LogP contribution in [0.15, 0.2) is 24.3 Å². The molecule has 0 saturated heterocycles. The van der Waals surface area contributed by atoms with Gasteiger partial charge in [-0.15, -0.1) is 0 Å². The van der Waals surface area contributed by atoms with Crippen molar-refractivity contribution in [1.82, 2.24) is 5.32 Å². The van der Waals surface area contributed by atoms with Crippen molar-refractivity contribution in [2.75, 3.05) is 12.3 Å². The monoisotopic (exact) mass is 236 g/mol. The Kier molecular flexibility index (Phi) is 5.49. The Morgan fingerprint density at radius 2 is 2.18 bits per heavy atom. The molecule has 1 amide bonds. The van der Waals surface area contributed by atoms with Crippen molar-refractivity contribution in [2.45, 2.75) is 32.2 Å². The van der Waals surface area contributed by atoms with E-state index in [9.17, 15) is 4.79 Å². The summed E-state index contributed by atoms with van der Waals surface area (Å²) in [6, 6.07) is 7.39. The molecule has 1 aromatic rings. The summed E-state index contributed by atoms with van der Waals surface area (Å²) < 4.78 is 0. The van der Waals surface area contributed by atoms with Crippen LogP contribution in [0.25, 0.3) is 0 Å². The lowest BCUT2D eigenvalue weighted by Gasteiger charge is -2.14. The Hall–Kier alpha value is -1.55. The predicted molar refractivity (Wildman–Crippen MR) is 68.5 cm³/mol. The van der Waals surface area contributed by atoms with E-state index in [0.717, 1.165) is 17.7 Å². The molecular weight excluding hydrogens is 216 g/mol. The summed E-state index contributed by atoms with van der Waals surface area (Å²) in [5.74, 6) is -0.0471. The molecule has 4 N–H and O–H groups in total. The van der Waals surface area contributed by atoms with Gasteiger partial charge in [0.25, 0.3) is 0 Å². The van der Waals surface area contributed by atoms with Gasteiger partial charge in [-0.2, -0.15) is 0 Å². The summed E-state index contributed by atoms with van der Waals surface area (Å²) in [5.41, 5.74) is 7.49. The lowest BCUT2D eigenvalue weighted by atomic mass is 10.1. The highest BCUT2D eigenvalue weighted by Crippen LogP contribution is 2.12. The molecule has 1 rings (SSSR count).